The number of hydrogen-bond donors (Lipinski definition) is 0. The lowest BCUT2D eigenvalue weighted by molar-refractivity contribution is 1.21. The molecule has 0 heterocycles. The largest absolute Gasteiger partial charge is 0.113 e. The highest BCUT2D eigenvalue weighted by Gasteiger charge is 2.37. The molecule has 0 aliphatic heterocycles. The van der Waals surface area contributed by atoms with Gasteiger partial charge in [0, 0.05) is 0 Å². The highest BCUT2D eigenvalue weighted by atomic mass is 28.3. The third-order valence-electron chi connectivity index (χ3n) is 4.77. The first-order chi connectivity index (χ1) is 8.65. The van der Waals surface area contributed by atoms with Crippen molar-refractivity contribution in [1.29, 1.82) is 0 Å². The molecule has 2 rings (SSSR count). The molecule has 0 aromatic heterocycles. The minimum atomic E-state index is -1.46. The van der Waals surface area contributed by atoms with Gasteiger partial charge in [0.15, 0.2) is 0 Å². The normalized spacial score (nSPS) is 16.1. The molecule has 0 saturated carbocycles. The molecule has 0 atom stereocenters. The first kappa shape index (κ1) is 13.4. The van der Waals surface area contributed by atoms with Crippen molar-refractivity contribution in [1.82, 2.24) is 0 Å². The third-order valence-corrected chi connectivity index (χ3v) is 10.4. The molecular formula is C17H24Si. The van der Waals surface area contributed by atoms with Gasteiger partial charge in [-0.3, -0.25) is 0 Å². The monoisotopic (exact) mass is 256 g/mol. The van der Waals surface area contributed by atoms with Crippen molar-refractivity contribution in [3.63, 3.8) is 0 Å². The fourth-order valence-corrected chi connectivity index (χ4v) is 8.13. The van der Waals surface area contributed by atoms with Crippen molar-refractivity contribution in [2.45, 2.75) is 46.2 Å². The van der Waals surface area contributed by atoms with E-state index in [0.29, 0.717) is 0 Å². The molecule has 0 radical (unpaired) electrons. The molecule has 0 bridgehead atoms. The van der Waals surface area contributed by atoms with Gasteiger partial charge in [-0.1, -0.05) is 83.9 Å². The number of hydrogen-bond acceptors (Lipinski definition) is 0. The summed E-state index contributed by atoms with van der Waals surface area (Å²) < 4.78 is 0. The Bertz CT molecular complexity index is 476. The van der Waals surface area contributed by atoms with Crippen molar-refractivity contribution < 1.29 is 0 Å². The van der Waals surface area contributed by atoms with Gasteiger partial charge in [0.1, 0.15) is 8.07 Å². The van der Waals surface area contributed by atoms with E-state index in [0.717, 1.165) is 0 Å². The van der Waals surface area contributed by atoms with E-state index in [2.05, 4.69) is 64.1 Å². The fourth-order valence-electron chi connectivity index (χ4n) is 3.37. The minimum absolute atomic E-state index is 1.19. The van der Waals surface area contributed by atoms with E-state index in [1.54, 1.807) is 16.0 Å². The molecule has 96 valence electrons. The summed E-state index contributed by atoms with van der Waals surface area (Å²) in [6, 6.07) is 13.9. The number of allylic oxidation sites excluding steroid dienone is 4. The van der Waals surface area contributed by atoms with Crippen molar-refractivity contribution in [3.05, 3.63) is 52.8 Å². The van der Waals surface area contributed by atoms with E-state index in [1.165, 1.54) is 24.1 Å². The molecule has 1 aromatic rings. The van der Waals surface area contributed by atoms with Crippen LogP contribution in [-0.4, -0.2) is 8.07 Å². The van der Waals surface area contributed by atoms with Gasteiger partial charge >= 0.3 is 0 Å². The smallest absolute Gasteiger partial charge is 0.0776 e. The van der Waals surface area contributed by atoms with Crippen LogP contribution in [-0.2, 0) is 0 Å². The van der Waals surface area contributed by atoms with Crippen molar-refractivity contribution in [2.24, 2.45) is 0 Å². The van der Waals surface area contributed by atoms with E-state index < -0.39 is 8.07 Å². The topological polar surface area (TPSA) is 0 Å². The Labute approximate surface area is 112 Å². The predicted octanol–water partition coefficient (Wildman–Crippen LogP) is 4.59. The number of rotatable bonds is 4. The van der Waals surface area contributed by atoms with Crippen molar-refractivity contribution in [2.75, 3.05) is 0 Å². The van der Waals surface area contributed by atoms with E-state index in [-0.39, 0.29) is 0 Å². The van der Waals surface area contributed by atoms with Gasteiger partial charge in [-0.25, -0.2) is 0 Å². The molecule has 1 aliphatic carbocycles. The Balaban J connectivity index is 2.53. The molecule has 1 aliphatic rings. The lowest BCUT2D eigenvalue weighted by Crippen LogP contribution is -2.48. The van der Waals surface area contributed by atoms with Crippen molar-refractivity contribution in [3.8, 4) is 0 Å². The van der Waals surface area contributed by atoms with Gasteiger partial charge in [0.05, 0.1) is 0 Å². The highest BCUT2D eigenvalue weighted by molar-refractivity contribution is 6.97. The van der Waals surface area contributed by atoms with Crippen LogP contribution in [0.4, 0.5) is 0 Å². The van der Waals surface area contributed by atoms with Crippen LogP contribution in [0.1, 0.15) is 34.1 Å². The maximum Gasteiger partial charge on any atom is 0.113 e. The fraction of sp³-hybridized carbons (Fsp3) is 0.412. The van der Waals surface area contributed by atoms with Crippen LogP contribution < -0.4 is 5.19 Å². The Kier molecular flexibility index (Phi) is 3.91. The second-order valence-corrected chi connectivity index (χ2v) is 10.1. The zero-order valence-corrected chi connectivity index (χ0v) is 13.1. The summed E-state index contributed by atoms with van der Waals surface area (Å²) in [5.74, 6) is 0. The molecule has 1 aromatic carbocycles. The van der Waals surface area contributed by atoms with Gasteiger partial charge in [-0.15, -0.1) is 0 Å². The van der Waals surface area contributed by atoms with E-state index >= 15 is 0 Å². The summed E-state index contributed by atoms with van der Waals surface area (Å²) in [7, 11) is -1.46. The number of benzene rings is 1. The molecule has 0 amide bonds. The van der Waals surface area contributed by atoms with Gasteiger partial charge in [-0.2, -0.15) is 0 Å². The first-order valence-corrected chi connectivity index (χ1v) is 9.50. The Morgan fingerprint density at radius 1 is 1.00 bits per heavy atom. The highest BCUT2D eigenvalue weighted by Crippen LogP contribution is 2.36. The first-order valence-electron chi connectivity index (χ1n) is 7.08. The zero-order valence-electron chi connectivity index (χ0n) is 12.1. The SMILES string of the molecule is CC[Si](CC)(C1=C(C)C(C)=CC1)c1ccccc1. The van der Waals surface area contributed by atoms with Crippen LogP contribution in [0.5, 0.6) is 0 Å². The summed E-state index contributed by atoms with van der Waals surface area (Å²) in [4.78, 5) is 0. The average Bonchev–Trinajstić information content (AvgIpc) is 2.75. The van der Waals surface area contributed by atoms with Gasteiger partial charge in [-0.05, 0) is 20.3 Å². The zero-order chi connectivity index (χ0) is 13.2. The molecule has 0 spiro atoms. The van der Waals surface area contributed by atoms with Crippen LogP contribution in [0, 0.1) is 0 Å². The third kappa shape index (κ3) is 2.01. The van der Waals surface area contributed by atoms with Crippen LogP contribution in [0.15, 0.2) is 52.8 Å². The maximum atomic E-state index is 2.42. The van der Waals surface area contributed by atoms with E-state index in [1.807, 2.05) is 0 Å². The van der Waals surface area contributed by atoms with Crippen LogP contribution in [0.25, 0.3) is 0 Å². The standard InChI is InChI=1S/C17H24Si/c1-5-18(6-2,16-10-8-7-9-11-16)17-13-12-14(3)15(17)4/h7-12H,5-6,13H2,1-4H3. The molecule has 0 N–H and O–H groups in total. The minimum Gasteiger partial charge on any atom is -0.0776 e. The molecule has 0 saturated heterocycles. The van der Waals surface area contributed by atoms with Crippen LogP contribution in [0.3, 0.4) is 0 Å². The second-order valence-electron chi connectivity index (χ2n) is 5.35. The molecule has 0 fully saturated rings. The van der Waals surface area contributed by atoms with Crippen LogP contribution >= 0.6 is 0 Å². The van der Waals surface area contributed by atoms with Gasteiger partial charge in [0.2, 0.25) is 0 Å². The van der Waals surface area contributed by atoms with Crippen LogP contribution in [0.2, 0.25) is 12.1 Å². The summed E-state index contributed by atoms with van der Waals surface area (Å²) >= 11 is 0. The molecule has 0 unspecified atom stereocenters. The van der Waals surface area contributed by atoms with Gasteiger partial charge < -0.3 is 0 Å². The summed E-state index contributed by atoms with van der Waals surface area (Å²) in [6.45, 7) is 9.36. The Hall–Kier alpha value is -1.08. The maximum absolute atomic E-state index is 2.42. The lowest BCUT2D eigenvalue weighted by atomic mass is 10.2. The average molecular weight is 256 g/mol. The summed E-state index contributed by atoms with van der Waals surface area (Å²) in [5.41, 5.74) is 3.08. The van der Waals surface area contributed by atoms with Gasteiger partial charge in [0.25, 0.3) is 0 Å². The summed E-state index contributed by atoms with van der Waals surface area (Å²) in [6.07, 6.45) is 3.61. The van der Waals surface area contributed by atoms with E-state index in [9.17, 15) is 0 Å². The molecule has 1 heteroatoms. The molecule has 0 nitrogen and oxygen atoms in total. The Morgan fingerprint density at radius 3 is 2.06 bits per heavy atom. The molecule has 18 heavy (non-hydrogen) atoms. The summed E-state index contributed by atoms with van der Waals surface area (Å²) in [5, 5.41) is 3.39. The molecular weight excluding hydrogens is 232 g/mol. The quantitative estimate of drug-likeness (QED) is 0.691. The second kappa shape index (κ2) is 5.27. The Morgan fingerprint density at radius 2 is 1.61 bits per heavy atom. The predicted molar refractivity (Wildman–Crippen MR) is 83.9 cm³/mol. The van der Waals surface area contributed by atoms with E-state index in [4.69, 9.17) is 0 Å². The lowest BCUT2D eigenvalue weighted by Gasteiger charge is -2.33. The van der Waals surface area contributed by atoms with Crippen molar-refractivity contribution >= 4 is 13.3 Å².